The number of hydrogen-bond acceptors (Lipinski definition) is 2. The lowest BCUT2D eigenvalue weighted by atomic mass is 10.0. The first kappa shape index (κ1) is 17.6. The van der Waals surface area contributed by atoms with E-state index in [1.54, 1.807) is 0 Å². The summed E-state index contributed by atoms with van der Waals surface area (Å²) in [7, 11) is 0. The first-order chi connectivity index (χ1) is 11.2. The number of rotatable bonds is 9. The van der Waals surface area contributed by atoms with Gasteiger partial charge in [0.25, 0.3) is 0 Å². The standard InChI is InChI=1S/C20H23ClO2/c1-2-3-4-5-20(22)17-8-12-19(13-9-17)23-15-14-16-6-10-18(21)11-7-16/h6-13H,2-5,14-15H2,1H3. The van der Waals surface area contributed by atoms with Crippen molar-refractivity contribution >= 4 is 17.4 Å². The quantitative estimate of drug-likeness (QED) is 0.434. The first-order valence-electron chi connectivity index (χ1n) is 8.19. The highest BCUT2D eigenvalue weighted by Gasteiger charge is 2.05. The molecule has 0 unspecified atom stereocenters. The van der Waals surface area contributed by atoms with Crippen molar-refractivity contribution in [3.05, 3.63) is 64.7 Å². The summed E-state index contributed by atoms with van der Waals surface area (Å²) in [5.74, 6) is 1.01. The van der Waals surface area contributed by atoms with Crippen molar-refractivity contribution in [1.29, 1.82) is 0 Å². The average Bonchev–Trinajstić information content (AvgIpc) is 2.57. The van der Waals surface area contributed by atoms with Gasteiger partial charge in [0.1, 0.15) is 5.75 Å². The van der Waals surface area contributed by atoms with Gasteiger partial charge in [0, 0.05) is 23.4 Å². The minimum Gasteiger partial charge on any atom is -0.493 e. The zero-order chi connectivity index (χ0) is 16.5. The number of hydrogen-bond donors (Lipinski definition) is 0. The Kier molecular flexibility index (Phi) is 7.15. The molecule has 0 saturated heterocycles. The van der Waals surface area contributed by atoms with E-state index in [0.717, 1.165) is 42.0 Å². The normalized spacial score (nSPS) is 10.5. The Hall–Kier alpha value is -1.80. The molecule has 0 amide bonds. The SMILES string of the molecule is CCCCCC(=O)c1ccc(OCCc2ccc(Cl)cc2)cc1. The highest BCUT2D eigenvalue weighted by Crippen LogP contribution is 2.16. The first-order valence-corrected chi connectivity index (χ1v) is 8.57. The van der Waals surface area contributed by atoms with Gasteiger partial charge in [-0.2, -0.15) is 0 Å². The molecule has 122 valence electrons. The molecule has 2 aromatic rings. The second-order valence-corrected chi connectivity index (χ2v) is 6.07. The fourth-order valence-corrected chi connectivity index (χ4v) is 2.48. The van der Waals surface area contributed by atoms with E-state index in [-0.39, 0.29) is 5.78 Å². The van der Waals surface area contributed by atoms with E-state index in [1.165, 1.54) is 5.56 Å². The molecule has 2 aromatic carbocycles. The fraction of sp³-hybridized carbons (Fsp3) is 0.350. The van der Waals surface area contributed by atoms with Crippen LogP contribution in [0.2, 0.25) is 5.02 Å². The zero-order valence-electron chi connectivity index (χ0n) is 13.6. The smallest absolute Gasteiger partial charge is 0.162 e. The predicted octanol–water partition coefficient (Wildman–Crippen LogP) is 5.72. The lowest BCUT2D eigenvalue weighted by Gasteiger charge is -2.07. The number of benzene rings is 2. The molecule has 2 rings (SSSR count). The van der Waals surface area contributed by atoms with Gasteiger partial charge in [0.15, 0.2) is 5.78 Å². The van der Waals surface area contributed by atoms with Crippen molar-refractivity contribution in [2.24, 2.45) is 0 Å². The Balaban J connectivity index is 1.78. The third-order valence-corrected chi connectivity index (χ3v) is 4.01. The molecule has 0 aliphatic carbocycles. The molecule has 0 radical (unpaired) electrons. The van der Waals surface area contributed by atoms with Crippen LogP contribution in [0.25, 0.3) is 0 Å². The largest absolute Gasteiger partial charge is 0.493 e. The molecular weight excluding hydrogens is 308 g/mol. The molecule has 0 saturated carbocycles. The Morgan fingerprint density at radius 3 is 2.35 bits per heavy atom. The number of Topliss-reactive ketones (excluding diaryl/α,β-unsaturated/α-hetero) is 1. The molecule has 0 aromatic heterocycles. The zero-order valence-corrected chi connectivity index (χ0v) is 14.3. The summed E-state index contributed by atoms with van der Waals surface area (Å²) in [5, 5.41) is 0.744. The van der Waals surface area contributed by atoms with Crippen molar-refractivity contribution in [3.63, 3.8) is 0 Å². The molecular formula is C20H23ClO2. The van der Waals surface area contributed by atoms with E-state index in [0.29, 0.717) is 13.0 Å². The molecule has 0 spiro atoms. The average molecular weight is 331 g/mol. The Bertz CT molecular complexity index is 603. The number of unbranched alkanes of at least 4 members (excludes halogenated alkanes) is 2. The van der Waals surface area contributed by atoms with Crippen molar-refractivity contribution in [2.75, 3.05) is 6.61 Å². The number of ether oxygens (including phenoxy) is 1. The third-order valence-electron chi connectivity index (χ3n) is 3.76. The third kappa shape index (κ3) is 6.07. The van der Waals surface area contributed by atoms with Crippen LogP contribution in [0.1, 0.15) is 48.5 Å². The number of carbonyl (C=O) groups excluding carboxylic acids is 1. The van der Waals surface area contributed by atoms with Crippen LogP contribution in [0.15, 0.2) is 48.5 Å². The van der Waals surface area contributed by atoms with Crippen LogP contribution in [-0.4, -0.2) is 12.4 Å². The van der Waals surface area contributed by atoms with Gasteiger partial charge in [-0.1, -0.05) is 43.5 Å². The van der Waals surface area contributed by atoms with Crippen LogP contribution in [0.5, 0.6) is 5.75 Å². The van der Waals surface area contributed by atoms with Crippen LogP contribution in [0, 0.1) is 0 Å². The molecule has 0 atom stereocenters. The van der Waals surface area contributed by atoms with E-state index in [2.05, 4.69) is 6.92 Å². The van der Waals surface area contributed by atoms with E-state index < -0.39 is 0 Å². The second kappa shape index (κ2) is 9.36. The van der Waals surface area contributed by atoms with Crippen molar-refractivity contribution in [1.82, 2.24) is 0 Å². The Morgan fingerprint density at radius 2 is 1.70 bits per heavy atom. The highest BCUT2D eigenvalue weighted by molar-refractivity contribution is 6.30. The summed E-state index contributed by atoms with van der Waals surface area (Å²) >= 11 is 5.86. The number of carbonyl (C=O) groups is 1. The van der Waals surface area contributed by atoms with Crippen LogP contribution >= 0.6 is 11.6 Å². The van der Waals surface area contributed by atoms with Crippen LogP contribution in [-0.2, 0) is 6.42 Å². The summed E-state index contributed by atoms with van der Waals surface area (Å²) in [6, 6.07) is 15.2. The van der Waals surface area contributed by atoms with Gasteiger partial charge < -0.3 is 4.74 Å². The van der Waals surface area contributed by atoms with Crippen molar-refractivity contribution in [3.8, 4) is 5.75 Å². The van der Waals surface area contributed by atoms with Crippen molar-refractivity contribution < 1.29 is 9.53 Å². The van der Waals surface area contributed by atoms with Gasteiger partial charge in [0.2, 0.25) is 0 Å². The molecule has 2 nitrogen and oxygen atoms in total. The maximum atomic E-state index is 12.0. The van der Waals surface area contributed by atoms with Gasteiger partial charge in [-0.05, 0) is 48.4 Å². The molecule has 23 heavy (non-hydrogen) atoms. The van der Waals surface area contributed by atoms with Gasteiger partial charge in [-0.15, -0.1) is 0 Å². The Morgan fingerprint density at radius 1 is 1.00 bits per heavy atom. The minimum absolute atomic E-state index is 0.214. The molecule has 0 bridgehead atoms. The molecule has 3 heteroatoms. The summed E-state index contributed by atoms with van der Waals surface area (Å²) in [6.07, 6.45) is 4.67. The van der Waals surface area contributed by atoms with Crippen molar-refractivity contribution in [2.45, 2.75) is 39.0 Å². The van der Waals surface area contributed by atoms with Gasteiger partial charge in [-0.25, -0.2) is 0 Å². The van der Waals surface area contributed by atoms with E-state index >= 15 is 0 Å². The molecule has 0 heterocycles. The van der Waals surface area contributed by atoms with Gasteiger partial charge in [-0.3, -0.25) is 4.79 Å². The van der Waals surface area contributed by atoms with Gasteiger partial charge in [0.05, 0.1) is 6.61 Å². The second-order valence-electron chi connectivity index (χ2n) is 5.63. The summed E-state index contributed by atoms with van der Waals surface area (Å²) in [4.78, 5) is 12.0. The number of ketones is 1. The lowest BCUT2D eigenvalue weighted by Crippen LogP contribution is -2.02. The predicted molar refractivity (Wildman–Crippen MR) is 95.6 cm³/mol. The maximum Gasteiger partial charge on any atom is 0.162 e. The van der Waals surface area contributed by atoms with E-state index in [9.17, 15) is 4.79 Å². The summed E-state index contributed by atoms with van der Waals surface area (Å²) in [5.41, 5.74) is 1.96. The summed E-state index contributed by atoms with van der Waals surface area (Å²) < 4.78 is 5.73. The van der Waals surface area contributed by atoms with E-state index in [1.807, 2.05) is 48.5 Å². The molecule has 0 fully saturated rings. The monoisotopic (exact) mass is 330 g/mol. The minimum atomic E-state index is 0.214. The Labute approximate surface area is 143 Å². The fourth-order valence-electron chi connectivity index (χ4n) is 2.35. The maximum absolute atomic E-state index is 12.0. The summed E-state index contributed by atoms with van der Waals surface area (Å²) in [6.45, 7) is 2.74. The lowest BCUT2D eigenvalue weighted by molar-refractivity contribution is 0.0979. The topological polar surface area (TPSA) is 26.3 Å². The molecule has 0 N–H and O–H groups in total. The van der Waals surface area contributed by atoms with E-state index in [4.69, 9.17) is 16.3 Å². The van der Waals surface area contributed by atoms with Crippen LogP contribution in [0.4, 0.5) is 0 Å². The highest BCUT2D eigenvalue weighted by atomic mass is 35.5. The molecule has 0 aliphatic rings. The molecule has 0 aliphatic heterocycles. The number of halogens is 1. The van der Waals surface area contributed by atoms with Crippen LogP contribution in [0.3, 0.4) is 0 Å². The van der Waals surface area contributed by atoms with Crippen LogP contribution < -0.4 is 4.74 Å². The van der Waals surface area contributed by atoms with Gasteiger partial charge >= 0.3 is 0 Å².